The van der Waals surface area contributed by atoms with E-state index >= 15 is 0 Å². The van der Waals surface area contributed by atoms with Gasteiger partial charge in [0.15, 0.2) is 0 Å². The highest BCUT2D eigenvalue weighted by Crippen LogP contribution is 2.16. The molecule has 1 aliphatic rings. The van der Waals surface area contributed by atoms with Crippen LogP contribution < -0.4 is 5.32 Å². The van der Waals surface area contributed by atoms with Gasteiger partial charge in [-0.3, -0.25) is 9.69 Å². The van der Waals surface area contributed by atoms with Gasteiger partial charge in [-0.25, -0.2) is 0 Å². The molecule has 0 saturated carbocycles. The van der Waals surface area contributed by atoms with Crippen LogP contribution in [0.5, 0.6) is 0 Å². The van der Waals surface area contributed by atoms with Crippen molar-refractivity contribution < 1.29 is 4.79 Å². The standard InChI is InChI=1S/C11H20N2O/c1-5-11(2,3)12-10(14)9-7-6-8-13(9)4/h5,9H,1,6-8H2,2-4H3,(H,12,14). The topological polar surface area (TPSA) is 32.3 Å². The van der Waals surface area contributed by atoms with E-state index in [0.717, 1.165) is 19.4 Å². The Morgan fingerprint density at radius 2 is 2.29 bits per heavy atom. The highest BCUT2D eigenvalue weighted by atomic mass is 16.2. The zero-order chi connectivity index (χ0) is 10.8. The summed E-state index contributed by atoms with van der Waals surface area (Å²) >= 11 is 0. The molecule has 1 amide bonds. The zero-order valence-electron chi connectivity index (χ0n) is 9.34. The third kappa shape index (κ3) is 2.58. The average Bonchev–Trinajstić information content (AvgIpc) is 2.51. The molecule has 1 saturated heterocycles. The first-order valence-electron chi connectivity index (χ1n) is 5.12. The number of carbonyl (C=O) groups excluding carboxylic acids is 1. The van der Waals surface area contributed by atoms with Crippen LogP contribution in [0.25, 0.3) is 0 Å². The van der Waals surface area contributed by atoms with E-state index in [9.17, 15) is 4.79 Å². The Labute approximate surface area is 86.2 Å². The quantitative estimate of drug-likeness (QED) is 0.687. The number of carbonyl (C=O) groups is 1. The lowest BCUT2D eigenvalue weighted by atomic mass is 10.0. The van der Waals surface area contributed by atoms with Crippen LogP contribution in [-0.4, -0.2) is 36.0 Å². The molecule has 1 aliphatic heterocycles. The highest BCUT2D eigenvalue weighted by molar-refractivity contribution is 5.82. The van der Waals surface area contributed by atoms with Crippen LogP contribution in [0, 0.1) is 0 Å². The molecular formula is C11H20N2O. The molecule has 1 fully saturated rings. The molecule has 0 aliphatic carbocycles. The molecule has 1 atom stereocenters. The molecule has 1 unspecified atom stereocenters. The van der Waals surface area contributed by atoms with Crippen molar-refractivity contribution in [2.45, 2.75) is 38.3 Å². The van der Waals surface area contributed by atoms with Crippen LogP contribution in [-0.2, 0) is 4.79 Å². The summed E-state index contributed by atoms with van der Waals surface area (Å²) in [5.74, 6) is 0.120. The van der Waals surface area contributed by atoms with Gasteiger partial charge in [-0.15, -0.1) is 6.58 Å². The molecule has 0 aromatic carbocycles. The number of likely N-dealkylation sites (N-methyl/N-ethyl adjacent to an activating group) is 1. The number of nitrogens with one attached hydrogen (secondary N) is 1. The maximum Gasteiger partial charge on any atom is 0.238 e. The summed E-state index contributed by atoms with van der Waals surface area (Å²) in [6.45, 7) is 8.63. The number of amides is 1. The van der Waals surface area contributed by atoms with Crippen molar-refractivity contribution in [3.05, 3.63) is 12.7 Å². The van der Waals surface area contributed by atoms with Crippen LogP contribution in [0.2, 0.25) is 0 Å². The van der Waals surface area contributed by atoms with Crippen molar-refractivity contribution in [1.82, 2.24) is 10.2 Å². The second kappa shape index (κ2) is 4.13. The molecule has 3 heteroatoms. The van der Waals surface area contributed by atoms with Gasteiger partial charge in [0, 0.05) is 0 Å². The van der Waals surface area contributed by atoms with Gasteiger partial charge in [-0.05, 0) is 40.3 Å². The van der Waals surface area contributed by atoms with E-state index in [1.165, 1.54) is 0 Å². The first kappa shape index (κ1) is 11.2. The Kier molecular flexibility index (Phi) is 3.32. The summed E-state index contributed by atoms with van der Waals surface area (Å²) in [6.07, 6.45) is 3.85. The third-order valence-electron chi connectivity index (χ3n) is 2.78. The molecule has 1 N–H and O–H groups in total. The first-order chi connectivity index (χ1) is 6.46. The smallest absolute Gasteiger partial charge is 0.238 e. The first-order valence-corrected chi connectivity index (χ1v) is 5.12. The fraction of sp³-hybridized carbons (Fsp3) is 0.727. The van der Waals surface area contributed by atoms with Crippen molar-refractivity contribution in [1.29, 1.82) is 0 Å². The number of hydrogen-bond acceptors (Lipinski definition) is 2. The van der Waals surface area contributed by atoms with E-state index in [4.69, 9.17) is 0 Å². The van der Waals surface area contributed by atoms with Crippen LogP contribution in [0.3, 0.4) is 0 Å². The van der Waals surface area contributed by atoms with Gasteiger partial charge in [-0.1, -0.05) is 6.08 Å². The molecule has 0 aromatic rings. The molecule has 1 rings (SSSR count). The van der Waals surface area contributed by atoms with E-state index < -0.39 is 0 Å². The van der Waals surface area contributed by atoms with Crippen LogP contribution in [0.4, 0.5) is 0 Å². The van der Waals surface area contributed by atoms with Crippen molar-refractivity contribution in [3.63, 3.8) is 0 Å². The SMILES string of the molecule is C=CC(C)(C)NC(=O)C1CCCN1C. The number of rotatable bonds is 3. The molecule has 1 heterocycles. The van der Waals surface area contributed by atoms with Gasteiger partial charge in [0.25, 0.3) is 0 Å². The number of hydrogen-bond donors (Lipinski definition) is 1. The van der Waals surface area contributed by atoms with Gasteiger partial charge in [0.1, 0.15) is 0 Å². The molecule has 3 nitrogen and oxygen atoms in total. The van der Waals surface area contributed by atoms with Crippen molar-refractivity contribution in [2.24, 2.45) is 0 Å². The maximum atomic E-state index is 11.8. The molecular weight excluding hydrogens is 176 g/mol. The number of nitrogens with zero attached hydrogens (tertiary/aromatic N) is 1. The predicted molar refractivity (Wildman–Crippen MR) is 58.1 cm³/mol. The van der Waals surface area contributed by atoms with Crippen LogP contribution in [0.15, 0.2) is 12.7 Å². The molecule has 0 spiro atoms. The van der Waals surface area contributed by atoms with E-state index in [2.05, 4.69) is 16.8 Å². The minimum atomic E-state index is -0.305. The minimum absolute atomic E-state index is 0.0502. The van der Waals surface area contributed by atoms with Crippen molar-refractivity contribution in [3.8, 4) is 0 Å². The lowest BCUT2D eigenvalue weighted by Crippen LogP contribution is -2.49. The fourth-order valence-electron chi connectivity index (χ4n) is 1.69. The monoisotopic (exact) mass is 196 g/mol. The Hall–Kier alpha value is -0.830. The van der Waals surface area contributed by atoms with E-state index in [-0.39, 0.29) is 17.5 Å². The average molecular weight is 196 g/mol. The highest BCUT2D eigenvalue weighted by Gasteiger charge is 2.30. The molecule has 80 valence electrons. The largest absolute Gasteiger partial charge is 0.346 e. The predicted octanol–water partition coefficient (Wildman–Crippen LogP) is 1.16. The zero-order valence-corrected chi connectivity index (χ0v) is 9.34. The third-order valence-corrected chi connectivity index (χ3v) is 2.78. The molecule has 0 aromatic heterocycles. The number of likely N-dealkylation sites (tertiary alicyclic amines) is 1. The van der Waals surface area contributed by atoms with Gasteiger partial charge in [-0.2, -0.15) is 0 Å². The normalized spacial score (nSPS) is 23.5. The van der Waals surface area contributed by atoms with Gasteiger partial charge in [0.05, 0.1) is 11.6 Å². The minimum Gasteiger partial charge on any atom is -0.346 e. The van der Waals surface area contributed by atoms with E-state index in [0.29, 0.717) is 0 Å². The summed E-state index contributed by atoms with van der Waals surface area (Å²) in [5, 5.41) is 2.98. The summed E-state index contributed by atoms with van der Waals surface area (Å²) in [4.78, 5) is 13.9. The van der Waals surface area contributed by atoms with Crippen molar-refractivity contribution in [2.75, 3.05) is 13.6 Å². The Morgan fingerprint density at radius 1 is 1.64 bits per heavy atom. The summed E-state index contributed by atoms with van der Waals surface area (Å²) in [6, 6.07) is 0.0502. The fourth-order valence-corrected chi connectivity index (χ4v) is 1.69. The summed E-state index contributed by atoms with van der Waals surface area (Å²) in [7, 11) is 2.00. The lowest BCUT2D eigenvalue weighted by molar-refractivity contribution is -0.126. The molecule has 14 heavy (non-hydrogen) atoms. The van der Waals surface area contributed by atoms with Gasteiger partial charge < -0.3 is 5.32 Å². The Morgan fingerprint density at radius 3 is 2.71 bits per heavy atom. The molecule has 0 bridgehead atoms. The summed E-state index contributed by atoms with van der Waals surface area (Å²) in [5.41, 5.74) is -0.305. The Balaban J connectivity index is 2.53. The van der Waals surface area contributed by atoms with E-state index in [1.807, 2.05) is 20.9 Å². The maximum absolute atomic E-state index is 11.8. The van der Waals surface area contributed by atoms with Gasteiger partial charge >= 0.3 is 0 Å². The van der Waals surface area contributed by atoms with Gasteiger partial charge in [0.2, 0.25) is 5.91 Å². The second-order valence-electron chi connectivity index (χ2n) is 4.55. The van der Waals surface area contributed by atoms with Crippen LogP contribution in [0.1, 0.15) is 26.7 Å². The van der Waals surface area contributed by atoms with E-state index in [1.54, 1.807) is 6.08 Å². The lowest BCUT2D eigenvalue weighted by Gasteiger charge is -2.26. The van der Waals surface area contributed by atoms with Crippen LogP contribution >= 0.6 is 0 Å². The Bertz CT molecular complexity index is 235. The second-order valence-corrected chi connectivity index (χ2v) is 4.55. The van der Waals surface area contributed by atoms with Crippen molar-refractivity contribution >= 4 is 5.91 Å². The molecule has 0 radical (unpaired) electrons. The summed E-state index contributed by atoms with van der Waals surface area (Å²) < 4.78 is 0.